The molecule has 0 atom stereocenters. The van der Waals surface area contributed by atoms with E-state index in [9.17, 15) is 13.2 Å². The van der Waals surface area contributed by atoms with Crippen LogP contribution in [-0.4, -0.2) is 7.42 Å². The summed E-state index contributed by atoms with van der Waals surface area (Å²) in [5, 5.41) is 0. The zero-order chi connectivity index (χ0) is 10.8. The fourth-order valence-electron chi connectivity index (χ4n) is 1.01. The highest BCUT2D eigenvalue weighted by Crippen LogP contribution is 2.29. The molecule has 0 N–H and O–H groups in total. The molecule has 1 aromatic rings. The Labute approximate surface area is 90.7 Å². The number of hydrogen-bond acceptors (Lipinski definition) is 0. The van der Waals surface area contributed by atoms with Crippen molar-refractivity contribution >= 4 is 29.6 Å². The largest absolute Gasteiger partial charge is 0.416 e. The third-order valence-electron chi connectivity index (χ3n) is 1.59. The van der Waals surface area contributed by atoms with Crippen molar-refractivity contribution in [3.05, 3.63) is 35.4 Å². The molecule has 6 heteroatoms. The van der Waals surface area contributed by atoms with Gasteiger partial charge in [0.15, 0.2) is 0 Å². The molecule has 0 bridgehead atoms. The predicted molar refractivity (Wildman–Crippen MR) is 52.6 cm³/mol. The Kier molecular flexibility index (Phi) is 3.86. The second kappa shape index (κ2) is 4.55. The molecule has 1 aromatic carbocycles. The van der Waals surface area contributed by atoms with E-state index in [-0.39, 0.29) is 0 Å². The molecule has 0 nitrogen and oxygen atoms in total. The van der Waals surface area contributed by atoms with Crippen LogP contribution in [0, 0.1) is 0 Å². The van der Waals surface area contributed by atoms with E-state index in [1.54, 1.807) is 6.07 Å². The second-order valence-corrected chi connectivity index (χ2v) is 7.06. The van der Waals surface area contributed by atoms with Crippen LogP contribution >= 0.6 is 22.2 Å². The van der Waals surface area contributed by atoms with E-state index >= 15 is 0 Å². The Morgan fingerprint density at radius 3 is 2.36 bits per heavy atom. The molecule has 0 aromatic heterocycles. The van der Waals surface area contributed by atoms with E-state index in [1.807, 2.05) is 0 Å². The number of benzene rings is 1. The molecule has 0 unspecified atom stereocenters. The van der Waals surface area contributed by atoms with Gasteiger partial charge in [0.1, 0.15) is 0 Å². The lowest BCUT2D eigenvalue weighted by Gasteiger charge is -2.08. The van der Waals surface area contributed by atoms with Crippen molar-refractivity contribution in [3.8, 4) is 0 Å². The molecule has 0 saturated carbocycles. The zero-order valence-electron chi connectivity index (χ0n) is 6.91. The molecular weight excluding hydrogens is 252 g/mol. The minimum Gasteiger partial charge on any atom is -0.166 e. The first-order valence-electron chi connectivity index (χ1n) is 3.72. The van der Waals surface area contributed by atoms with Crippen LogP contribution in [0.2, 0.25) is 0 Å². The van der Waals surface area contributed by atoms with E-state index in [0.717, 1.165) is 12.1 Å². The molecule has 1 radical (unpaired) electrons. The highest BCUT2D eigenvalue weighted by atomic mass is 35.7. The van der Waals surface area contributed by atoms with Crippen molar-refractivity contribution in [2.24, 2.45) is 0 Å². The van der Waals surface area contributed by atoms with E-state index < -0.39 is 19.2 Å². The van der Waals surface area contributed by atoms with Crippen molar-refractivity contribution in [2.45, 2.75) is 12.2 Å². The Morgan fingerprint density at radius 2 is 1.86 bits per heavy atom. The fraction of sp³-hybridized carbons (Fsp3) is 0.250. The lowest BCUT2D eigenvalue weighted by Crippen LogP contribution is -2.07. The van der Waals surface area contributed by atoms with Crippen LogP contribution in [-0.2, 0) is 12.2 Å². The normalized spacial score (nSPS) is 12.1. The molecule has 14 heavy (non-hydrogen) atoms. The summed E-state index contributed by atoms with van der Waals surface area (Å²) in [6.07, 6.45) is -4.30. The monoisotopic (exact) mass is 257 g/mol. The van der Waals surface area contributed by atoms with Crippen LogP contribution in [0.25, 0.3) is 0 Å². The molecule has 0 amide bonds. The van der Waals surface area contributed by atoms with Gasteiger partial charge >= 0.3 is 6.18 Å². The van der Waals surface area contributed by atoms with Gasteiger partial charge in [-0.05, 0) is 17.7 Å². The van der Waals surface area contributed by atoms with E-state index in [1.165, 1.54) is 6.07 Å². The Morgan fingerprint density at radius 1 is 1.21 bits per heavy atom. The first-order valence-corrected chi connectivity index (χ1v) is 7.45. The Bertz CT molecular complexity index is 312. The third kappa shape index (κ3) is 3.51. The number of halogens is 5. The van der Waals surface area contributed by atoms with Gasteiger partial charge in [-0.3, -0.25) is 0 Å². The van der Waals surface area contributed by atoms with Gasteiger partial charge in [-0.2, -0.15) is 13.2 Å². The lowest BCUT2D eigenvalue weighted by atomic mass is 10.1. The average molecular weight is 258 g/mol. The van der Waals surface area contributed by atoms with Crippen molar-refractivity contribution in [3.63, 3.8) is 0 Å². The molecule has 0 heterocycles. The van der Waals surface area contributed by atoms with Gasteiger partial charge in [0.05, 0.1) is 5.56 Å². The average Bonchev–Trinajstić information content (AvgIpc) is 2.01. The van der Waals surface area contributed by atoms with E-state index in [2.05, 4.69) is 0 Å². The summed E-state index contributed by atoms with van der Waals surface area (Å²) in [5.74, 6) is 0. The van der Waals surface area contributed by atoms with Gasteiger partial charge in [0.25, 0.3) is 7.42 Å². The summed E-state index contributed by atoms with van der Waals surface area (Å²) in [6.45, 7) is 0. The van der Waals surface area contributed by atoms with Crippen LogP contribution < -0.4 is 0 Å². The SMILES string of the molecule is FC(F)(F)c1cccc(C[Si](Cl)Cl)c1. The number of hydrogen-bond donors (Lipinski definition) is 0. The Balaban J connectivity index is 2.90. The quantitative estimate of drug-likeness (QED) is 0.559. The molecule has 0 aliphatic rings. The maximum Gasteiger partial charge on any atom is 0.416 e. The molecule has 0 spiro atoms. The van der Waals surface area contributed by atoms with Gasteiger partial charge in [-0.15, -0.1) is 22.2 Å². The van der Waals surface area contributed by atoms with Crippen LogP contribution in [0.5, 0.6) is 0 Å². The third-order valence-corrected chi connectivity index (χ3v) is 3.07. The molecular formula is C8H6Cl2F3Si. The van der Waals surface area contributed by atoms with E-state index in [4.69, 9.17) is 22.2 Å². The predicted octanol–water partition coefficient (Wildman–Crippen LogP) is 3.75. The summed E-state index contributed by atoms with van der Waals surface area (Å²) in [6, 6.07) is 5.37. The highest BCUT2D eigenvalue weighted by Gasteiger charge is 2.30. The first kappa shape index (κ1) is 11.9. The molecule has 77 valence electrons. The molecule has 1 rings (SSSR count). The highest BCUT2D eigenvalue weighted by molar-refractivity contribution is 7.33. The van der Waals surface area contributed by atoms with Gasteiger partial charge in [0.2, 0.25) is 0 Å². The van der Waals surface area contributed by atoms with Crippen LogP contribution in [0.15, 0.2) is 24.3 Å². The molecule has 0 saturated heterocycles. The smallest absolute Gasteiger partial charge is 0.166 e. The van der Waals surface area contributed by atoms with Gasteiger partial charge in [0, 0.05) is 0 Å². The van der Waals surface area contributed by atoms with E-state index in [0.29, 0.717) is 11.6 Å². The lowest BCUT2D eigenvalue weighted by molar-refractivity contribution is -0.137. The molecule has 0 fully saturated rings. The summed E-state index contributed by atoms with van der Waals surface area (Å²) < 4.78 is 36.7. The maximum atomic E-state index is 12.2. The van der Waals surface area contributed by atoms with Crippen molar-refractivity contribution in [2.75, 3.05) is 0 Å². The van der Waals surface area contributed by atoms with Crippen molar-refractivity contribution in [1.82, 2.24) is 0 Å². The minimum absolute atomic E-state index is 0.317. The number of rotatable bonds is 2. The topological polar surface area (TPSA) is 0 Å². The summed E-state index contributed by atoms with van der Waals surface area (Å²) in [4.78, 5) is 0. The summed E-state index contributed by atoms with van der Waals surface area (Å²) in [7, 11) is -1.57. The minimum atomic E-state index is -4.30. The first-order chi connectivity index (χ1) is 6.39. The van der Waals surface area contributed by atoms with Gasteiger partial charge in [-0.25, -0.2) is 0 Å². The van der Waals surface area contributed by atoms with Gasteiger partial charge in [-0.1, -0.05) is 18.2 Å². The standard InChI is InChI=1S/C8H6Cl2F3Si/c9-14(10)5-6-2-1-3-7(4-6)8(11,12)13/h1-4H,5H2. The molecule has 0 aliphatic carbocycles. The summed E-state index contributed by atoms with van der Waals surface area (Å²) >= 11 is 11.1. The Hall–Kier alpha value is -0.193. The van der Waals surface area contributed by atoms with Crippen molar-refractivity contribution in [1.29, 1.82) is 0 Å². The maximum absolute atomic E-state index is 12.2. The van der Waals surface area contributed by atoms with Crippen molar-refractivity contribution < 1.29 is 13.2 Å². The summed E-state index contributed by atoms with van der Waals surface area (Å²) in [5.41, 5.74) is -0.134. The zero-order valence-corrected chi connectivity index (χ0v) is 9.42. The van der Waals surface area contributed by atoms with Crippen LogP contribution in [0.1, 0.15) is 11.1 Å². The second-order valence-electron chi connectivity index (χ2n) is 2.71. The number of alkyl halides is 3. The van der Waals surface area contributed by atoms with Crippen LogP contribution in [0.3, 0.4) is 0 Å². The van der Waals surface area contributed by atoms with Gasteiger partial charge < -0.3 is 0 Å². The molecule has 0 aliphatic heterocycles. The van der Waals surface area contributed by atoms with Crippen LogP contribution in [0.4, 0.5) is 13.2 Å². The fourth-order valence-corrected chi connectivity index (χ4v) is 2.47.